The number of hydrogen-bond acceptors (Lipinski definition) is 5. The molecule has 0 N–H and O–H groups in total. The van der Waals surface area contributed by atoms with Gasteiger partial charge in [-0.25, -0.2) is 4.68 Å². The molecule has 0 amide bonds. The van der Waals surface area contributed by atoms with Crippen molar-refractivity contribution in [2.45, 2.75) is 0 Å². The Hall–Kier alpha value is -2.08. The zero-order valence-corrected chi connectivity index (χ0v) is 10.5. The van der Waals surface area contributed by atoms with E-state index in [1.807, 2.05) is 0 Å². The van der Waals surface area contributed by atoms with E-state index in [-0.39, 0.29) is 5.69 Å². The van der Waals surface area contributed by atoms with E-state index in [0.717, 1.165) is 0 Å². The van der Waals surface area contributed by atoms with Gasteiger partial charge in [-0.05, 0) is 0 Å². The van der Waals surface area contributed by atoms with E-state index in [1.165, 1.54) is 25.1 Å². The fourth-order valence-corrected chi connectivity index (χ4v) is 1.70. The van der Waals surface area contributed by atoms with Crippen LogP contribution in [0.1, 0.15) is 10.5 Å². The van der Waals surface area contributed by atoms with Crippen molar-refractivity contribution in [3.05, 3.63) is 29.0 Å². The molecule has 6 nitrogen and oxygen atoms in total. The van der Waals surface area contributed by atoms with Crippen LogP contribution in [0.2, 0.25) is 5.02 Å². The van der Waals surface area contributed by atoms with Gasteiger partial charge < -0.3 is 9.47 Å². The van der Waals surface area contributed by atoms with Gasteiger partial charge >= 0.3 is 0 Å². The van der Waals surface area contributed by atoms with Crippen LogP contribution in [0.4, 0.5) is 0 Å². The second-order valence-electron chi connectivity index (χ2n) is 3.36. The Kier molecular flexibility index (Phi) is 3.47. The minimum Gasteiger partial charge on any atom is -0.495 e. The quantitative estimate of drug-likeness (QED) is 0.790. The molecule has 0 radical (unpaired) electrons. The van der Waals surface area contributed by atoms with E-state index in [9.17, 15) is 4.79 Å². The number of benzene rings is 1. The van der Waals surface area contributed by atoms with Crippen LogP contribution in [0.3, 0.4) is 0 Å². The van der Waals surface area contributed by atoms with E-state index in [2.05, 4.69) is 10.3 Å². The fraction of sp³-hybridized carbons (Fsp3) is 0.182. The number of aromatic nitrogens is 3. The van der Waals surface area contributed by atoms with Crippen molar-refractivity contribution < 1.29 is 14.3 Å². The molecule has 0 aliphatic carbocycles. The average Bonchev–Trinajstić information content (AvgIpc) is 2.87. The van der Waals surface area contributed by atoms with Gasteiger partial charge in [0.05, 0.1) is 25.4 Å². The second kappa shape index (κ2) is 5.05. The number of rotatable bonds is 4. The van der Waals surface area contributed by atoms with Crippen LogP contribution in [0, 0.1) is 0 Å². The van der Waals surface area contributed by atoms with Gasteiger partial charge in [0.25, 0.3) is 0 Å². The fourth-order valence-electron chi connectivity index (χ4n) is 1.47. The van der Waals surface area contributed by atoms with Crippen molar-refractivity contribution in [3.8, 4) is 17.2 Å². The third kappa shape index (κ3) is 2.14. The van der Waals surface area contributed by atoms with Crippen molar-refractivity contribution in [2.75, 3.05) is 14.2 Å². The molecule has 0 fully saturated rings. The molecule has 7 heteroatoms. The molecule has 0 saturated heterocycles. The van der Waals surface area contributed by atoms with Crippen LogP contribution in [0.5, 0.6) is 11.5 Å². The van der Waals surface area contributed by atoms with Gasteiger partial charge in [0, 0.05) is 12.1 Å². The Balaban J connectivity index is 2.57. The summed E-state index contributed by atoms with van der Waals surface area (Å²) in [6.45, 7) is 0. The number of halogens is 1. The van der Waals surface area contributed by atoms with Gasteiger partial charge in [0.2, 0.25) is 0 Å². The van der Waals surface area contributed by atoms with E-state index < -0.39 is 0 Å². The lowest BCUT2D eigenvalue weighted by Gasteiger charge is -2.11. The van der Waals surface area contributed by atoms with Crippen LogP contribution in [0.25, 0.3) is 5.69 Å². The first-order valence-electron chi connectivity index (χ1n) is 4.99. The highest BCUT2D eigenvalue weighted by atomic mass is 35.5. The maximum atomic E-state index is 10.6. The molecule has 94 valence electrons. The lowest BCUT2D eigenvalue weighted by atomic mass is 10.2. The molecular formula is C11H10ClN3O3. The molecule has 1 aromatic carbocycles. The number of nitrogens with zero attached hydrogens (tertiary/aromatic N) is 3. The Labute approximate surface area is 108 Å². The molecule has 1 aromatic heterocycles. The lowest BCUT2D eigenvalue weighted by Crippen LogP contribution is -2.00. The number of ether oxygens (including phenoxy) is 2. The summed E-state index contributed by atoms with van der Waals surface area (Å²) in [4.78, 5) is 10.6. The summed E-state index contributed by atoms with van der Waals surface area (Å²) >= 11 is 5.99. The largest absolute Gasteiger partial charge is 0.495 e. The van der Waals surface area contributed by atoms with Crippen LogP contribution < -0.4 is 9.47 Å². The highest BCUT2D eigenvalue weighted by Crippen LogP contribution is 2.34. The Morgan fingerprint density at radius 2 is 2.00 bits per heavy atom. The summed E-state index contributed by atoms with van der Waals surface area (Å²) in [5.41, 5.74) is 0.810. The van der Waals surface area contributed by atoms with Crippen molar-refractivity contribution in [2.24, 2.45) is 0 Å². The van der Waals surface area contributed by atoms with Gasteiger partial charge in [-0.1, -0.05) is 16.8 Å². The van der Waals surface area contributed by atoms with Crippen molar-refractivity contribution in [3.63, 3.8) is 0 Å². The van der Waals surface area contributed by atoms with E-state index in [0.29, 0.717) is 28.5 Å². The average molecular weight is 268 g/mol. The normalized spacial score (nSPS) is 10.2. The van der Waals surface area contributed by atoms with E-state index >= 15 is 0 Å². The summed E-state index contributed by atoms with van der Waals surface area (Å²) < 4.78 is 11.7. The summed E-state index contributed by atoms with van der Waals surface area (Å²) in [6, 6.07) is 3.27. The topological polar surface area (TPSA) is 66.2 Å². The predicted molar refractivity (Wildman–Crippen MR) is 64.9 cm³/mol. The zero-order chi connectivity index (χ0) is 13.1. The summed E-state index contributed by atoms with van der Waals surface area (Å²) in [5.74, 6) is 0.985. The summed E-state index contributed by atoms with van der Waals surface area (Å²) in [6.07, 6.45) is 2.10. The monoisotopic (exact) mass is 267 g/mol. The summed E-state index contributed by atoms with van der Waals surface area (Å²) in [5, 5.41) is 7.93. The van der Waals surface area contributed by atoms with E-state index in [4.69, 9.17) is 21.1 Å². The first-order valence-corrected chi connectivity index (χ1v) is 5.36. The molecule has 2 rings (SSSR count). The molecular weight excluding hydrogens is 258 g/mol. The Morgan fingerprint density at radius 1 is 1.28 bits per heavy atom. The molecule has 0 bridgehead atoms. The Bertz CT molecular complexity index is 583. The first-order chi connectivity index (χ1) is 8.69. The molecule has 0 atom stereocenters. The number of aldehydes is 1. The third-order valence-corrected chi connectivity index (χ3v) is 2.63. The SMILES string of the molecule is COc1cc(-n2cc(C=O)nn2)c(OC)cc1Cl. The minimum atomic E-state index is 0.228. The van der Waals surface area contributed by atoms with Gasteiger partial charge in [-0.2, -0.15) is 0 Å². The molecule has 0 aliphatic heterocycles. The molecule has 18 heavy (non-hydrogen) atoms. The number of carbonyl (C=O) groups excluding carboxylic acids is 1. The molecule has 0 unspecified atom stereocenters. The molecule has 1 heterocycles. The zero-order valence-electron chi connectivity index (χ0n) is 9.75. The van der Waals surface area contributed by atoms with Gasteiger partial charge in [0.15, 0.2) is 6.29 Å². The highest BCUT2D eigenvalue weighted by molar-refractivity contribution is 6.32. The van der Waals surface area contributed by atoms with Crippen LogP contribution in [-0.4, -0.2) is 35.5 Å². The number of carbonyl (C=O) groups is 1. The number of hydrogen-bond donors (Lipinski definition) is 0. The van der Waals surface area contributed by atoms with Crippen LogP contribution in [0.15, 0.2) is 18.3 Å². The van der Waals surface area contributed by atoms with E-state index in [1.54, 1.807) is 12.1 Å². The predicted octanol–water partition coefficient (Wildman–Crippen LogP) is 1.75. The maximum absolute atomic E-state index is 10.6. The minimum absolute atomic E-state index is 0.228. The van der Waals surface area contributed by atoms with Crippen LogP contribution in [-0.2, 0) is 0 Å². The first kappa shape index (κ1) is 12.4. The van der Waals surface area contributed by atoms with Crippen LogP contribution >= 0.6 is 11.6 Å². The Morgan fingerprint density at radius 3 is 2.56 bits per heavy atom. The molecule has 0 aliphatic rings. The smallest absolute Gasteiger partial charge is 0.171 e. The van der Waals surface area contributed by atoms with Gasteiger partial charge in [-0.15, -0.1) is 5.10 Å². The summed E-state index contributed by atoms with van der Waals surface area (Å²) in [7, 11) is 3.02. The molecule has 2 aromatic rings. The third-order valence-electron chi connectivity index (χ3n) is 2.33. The standard InChI is InChI=1S/C11H10ClN3O3/c1-17-10-4-9(11(18-2)3-8(10)12)15-5-7(6-16)13-14-15/h3-6H,1-2H3. The molecule has 0 spiro atoms. The molecule has 0 saturated carbocycles. The number of methoxy groups -OCH3 is 2. The van der Waals surface area contributed by atoms with Crippen molar-refractivity contribution in [1.29, 1.82) is 0 Å². The lowest BCUT2D eigenvalue weighted by molar-refractivity contribution is 0.111. The van der Waals surface area contributed by atoms with Crippen molar-refractivity contribution in [1.82, 2.24) is 15.0 Å². The van der Waals surface area contributed by atoms with Gasteiger partial charge in [-0.3, -0.25) is 4.79 Å². The van der Waals surface area contributed by atoms with Crippen molar-refractivity contribution >= 4 is 17.9 Å². The maximum Gasteiger partial charge on any atom is 0.171 e. The van der Waals surface area contributed by atoms with Gasteiger partial charge in [0.1, 0.15) is 22.9 Å². The highest BCUT2D eigenvalue weighted by Gasteiger charge is 2.13. The second-order valence-corrected chi connectivity index (χ2v) is 3.77.